The third-order valence-electron chi connectivity index (χ3n) is 5.03. The van der Waals surface area contributed by atoms with E-state index in [-0.39, 0.29) is 17.6 Å². The first-order valence-corrected chi connectivity index (χ1v) is 11.0. The number of anilines is 2. The highest BCUT2D eigenvalue weighted by Crippen LogP contribution is 2.33. The summed E-state index contributed by atoms with van der Waals surface area (Å²) in [6.07, 6.45) is 3.02. The number of pyridine rings is 1. The molecule has 0 radical (unpaired) electrons. The average Bonchev–Trinajstić information content (AvgIpc) is 3.19. The van der Waals surface area contributed by atoms with Gasteiger partial charge in [0.05, 0.1) is 33.8 Å². The highest BCUT2D eigenvalue weighted by Gasteiger charge is 2.20. The first kappa shape index (κ1) is 24.2. The van der Waals surface area contributed by atoms with Crippen molar-refractivity contribution in [2.24, 2.45) is 0 Å². The minimum absolute atomic E-state index is 0.0267. The van der Waals surface area contributed by atoms with Crippen LogP contribution in [0.15, 0.2) is 54.9 Å². The van der Waals surface area contributed by atoms with Gasteiger partial charge in [0.15, 0.2) is 11.6 Å². The molecule has 0 saturated carbocycles. The lowest BCUT2D eigenvalue weighted by molar-refractivity contribution is 0.0697. The number of halogens is 3. The Kier molecular flexibility index (Phi) is 6.70. The fourth-order valence-corrected chi connectivity index (χ4v) is 3.83. The van der Waals surface area contributed by atoms with Crippen molar-refractivity contribution in [3.63, 3.8) is 0 Å². The fourth-order valence-electron chi connectivity index (χ4n) is 3.54. The van der Waals surface area contributed by atoms with Gasteiger partial charge in [0.2, 0.25) is 0 Å². The van der Waals surface area contributed by atoms with E-state index in [0.29, 0.717) is 33.8 Å². The zero-order valence-corrected chi connectivity index (χ0v) is 19.8. The van der Waals surface area contributed by atoms with Crippen LogP contribution in [-0.2, 0) is 0 Å². The lowest BCUT2D eigenvalue weighted by Crippen LogP contribution is -2.09. The molecule has 7 nitrogen and oxygen atoms in total. The van der Waals surface area contributed by atoms with E-state index < -0.39 is 23.2 Å². The molecule has 2 aromatic carbocycles. The van der Waals surface area contributed by atoms with Gasteiger partial charge in [-0.05, 0) is 44.5 Å². The van der Waals surface area contributed by atoms with E-state index in [1.165, 1.54) is 10.9 Å². The highest BCUT2D eigenvalue weighted by molar-refractivity contribution is 6.32. The normalized spacial score (nSPS) is 11.1. The number of aromatic nitrogens is 3. The van der Waals surface area contributed by atoms with E-state index in [9.17, 15) is 18.7 Å². The van der Waals surface area contributed by atoms with Crippen molar-refractivity contribution in [3.05, 3.63) is 82.6 Å². The van der Waals surface area contributed by atoms with Gasteiger partial charge >= 0.3 is 5.97 Å². The van der Waals surface area contributed by atoms with Crippen molar-refractivity contribution in [2.45, 2.75) is 26.9 Å². The van der Waals surface area contributed by atoms with E-state index in [1.807, 2.05) is 38.1 Å². The molecule has 0 atom stereocenters. The molecule has 2 N–H and O–H groups in total. The van der Waals surface area contributed by atoms with Crippen molar-refractivity contribution in [1.82, 2.24) is 14.8 Å². The molecule has 0 aliphatic heterocycles. The van der Waals surface area contributed by atoms with Crippen LogP contribution in [0.2, 0.25) is 5.02 Å². The van der Waals surface area contributed by atoms with Crippen LogP contribution in [0.25, 0.3) is 16.9 Å². The lowest BCUT2D eigenvalue weighted by Gasteiger charge is -2.14. The number of aromatic carboxylic acids is 1. The van der Waals surface area contributed by atoms with Crippen molar-refractivity contribution >= 4 is 29.1 Å². The topological polar surface area (TPSA) is 89.3 Å². The molecule has 0 aliphatic carbocycles. The molecule has 35 heavy (non-hydrogen) atoms. The summed E-state index contributed by atoms with van der Waals surface area (Å²) in [5, 5.41) is 17.4. The van der Waals surface area contributed by atoms with Gasteiger partial charge in [0, 0.05) is 30.1 Å². The Morgan fingerprint density at radius 1 is 1.14 bits per heavy atom. The monoisotopic (exact) mass is 498 g/mol. The Bertz CT molecular complexity index is 1400. The lowest BCUT2D eigenvalue weighted by atomic mass is 10.1. The number of nitrogens with zero attached hydrogens (tertiary/aromatic N) is 3. The molecule has 2 aromatic heterocycles. The Balaban J connectivity index is 1.88. The molecule has 0 unspecified atom stereocenters. The van der Waals surface area contributed by atoms with Crippen molar-refractivity contribution < 1.29 is 23.4 Å². The maximum Gasteiger partial charge on any atom is 0.337 e. The minimum Gasteiger partial charge on any atom is -0.491 e. The fraction of sp³-hybridized carbons (Fsp3) is 0.160. The van der Waals surface area contributed by atoms with E-state index in [1.54, 1.807) is 19.2 Å². The molecule has 0 amide bonds. The number of hydrogen-bond donors (Lipinski definition) is 2. The van der Waals surface area contributed by atoms with Gasteiger partial charge in [-0.1, -0.05) is 23.7 Å². The molecule has 2 heterocycles. The van der Waals surface area contributed by atoms with Crippen LogP contribution >= 0.6 is 11.6 Å². The predicted molar refractivity (Wildman–Crippen MR) is 129 cm³/mol. The third-order valence-corrected chi connectivity index (χ3v) is 5.31. The Morgan fingerprint density at radius 2 is 1.89 bits per heavy atom. The molecule has 0 saturated heterocycles. The smallest absolute Gasteiger partial charge is 0.337 e. The maximum atomic E-state index is 14.0. The number of aryl methyl sites for hydroxylation is 1. The van der Waals surface area contributed by atoms with E-state index in [4.69, 9.17) is 16.3 Å². The third kappa shape index (κ3) is 5.09. The summed E-state index contributed by atoms with van der Waals surface area (Å²) < 4.78 is 35.0. The zero-order chi connectivity index (χ0) is 25.3. The molecule has 0 spiro atoms. The molecular weight excluding hydrogens is 478 g/mol. The number of carbonyl (C=O) groups is 1. The molecular formula is C25H21ClF2N4O3. The summed E-state index contributed by atoms with van der Waals surface area (Å²) in [5.74, 6) is -2.96. The molecule has 0 bridgehead atoms. The largest absolute Gasteiger partial charge is 0.491 e. The molecule has 0 aliphatic rings. The second-order valence-electron chi connectivity index (χ2n) is 8.05. The number of ether oxygens (including phenoxy) is 1. The first-order chi connectivity index (χ1) is 16.6. The Labute approximate surface area is 205 Å². The Hall–Kier alpha value is -3.98. The number of rotatable bonds is 7. The molecule has 4 rings (SSSR count). The van der Waals surface area contributed by atoms with Crippen LogP contribution in [0, 0.1) is 18.6 Å². The Morgan fingerprint density at radius 3 is 2.57 bits per heavy atom. The van der Waals surface area contributed by atoms with E-state index in [2.05, 4.69) is 15.4 Å². The number of nitrogens with one attached hydrogen (secondary N) is 1. The van der Waals surface area contributed by atoms with Gasteiger partial charge in [-0.25, -0.2) is 18.3 Å². The quantitative estimate of drug-likeness (QED) is 0.306. The maximum absolute atomic E-state index is 14.0. The number of carboxylic acids is 1. The zero-order valence-electron chi connectivity index (χ0n) is 19.0. The minimum atomic E-state index is -1.42. The van der Waals surface area contributed by atoms with Gasteiger partial charge < -0.3 is 15.2 Å². The summed E-state index contributed by atoms with van der Waals surface area (Å²) in [6, 6.07) is 10.4. The van der Waals surface area contributed by atoms with E-state index in [0.717, 1.165) is 11.6 Å². The number of hydrogen-bond acceptors (Lipinski definition) is 5. The van der Waals surface area contributed by atoms with Crippen molar-refractivity contribution in [1.29, 1.82) is 0 Å². The van der Waals surface area contributed by atoms with E-state index >= 15 is 0 Å². The summed E-state index contributed by atoms with van der Waals surface area (Å²) in [7, 11) is 0. The van der Waals surface area contributed by atoms with Crippen molar-refractivity contribution in [2.75, 3.05) is 5.32 Å². The van der Waals surface area contributed by atoms with Crippen LogP contribution in [0.3, 0.4) is 0 Å². The van der Waals surface area contributed by atoms with Crippen molar-refractivity contribution in [3.8, 4) is 22.7 Å². The van der Waals surface area contributed by atoms with Gasteiger partial charge in [0.25, 0.3) is 0 Å². The molecule has 4 aromatic rings. The molecule has 10 heteroatoms. The van der Waals surface area contributed by atoms with Crippen LogP contribution in [0.5, 0.6) is 5.75 Å². The summed E-state index contributed by atoms with van der Waals surface area (Å²) in [5.41, 5.74) is 1.82. The second-order valence-corrected chi connectivity index (χ2v) is 8.46. The number of benzene rings is 2. The molecule has 180 valence electrons. The second kappa shape index (κ2) is 9.71. The van der Waals surface area contributed by atoms with Crippen LogP contribution < -0.4 is 10.1 Å². The van der Waals surface area contributed by atoms with Crippen LogP contribution in [0.4, 0.5) is 20.3 Å². The van der Waals surface area contributed by atoms with Crippen LogP contribution in [-0.4, -0.2) is 31.9 Å². The highest BCUT2D eigenvalue weighted by atomic mass is 35.5. The number of carboxylic acid groups (broad SMARTS) is 1. The summed E-state index contributed by atoms with van der Waals surface area (Å²) >= 11 is 6.43. The summed E-state index contributed by atoms with van der Waals surface area (Å²) in [4.78, 5) is 15.8. The van der Waals surface area contributed by atoms with Gasteiger partial charge in [-0.15, -0.1) is 0 Å². The first-order valence-electron chi connectivity index (χ1n) is 10.6. The average molecular weight is 499 g/mol. The predicted octanol–water partition coefficient (Wildman–Crippen LogP) is 6.40. The van der Waals surface area contributed by atoms with Crippen LogP contribution in [0.1, 0.15) is 29.8 Å². The standard InChI is InChI=1S/C25H21ClF2N4O3/c1-13(2)35-16-6-4-5-15(7-16)21-10-23(32(31-21)24-14(3)11-29-12-18(24)26)30-22-9-20(28)19(27)8-17(22)25(33)34/h4-13,30H,1-3H3,(H,33,34). The SMILES string of the molecule is Cc1cncc(Cl)c1-n1nc(-c2cccc(OC(C)C)c2)cc1Nc1cc(F)c(F)cc1C(=O)O. The molecule has 0 fully saturated rings. The van der Waals surface area contributed by atoms with Gasteiger partial charge in [0.1, 0.15) is 11.6 Å². The summed E-state index contributed by atoms with van der Waals surface area (Å²) in [6.45, 7) is 5.62. The van der Waals surface area contributed by atoms with Gasteiger partial charge in [-0.3, -0.25) is 4.98 Å². The van der Waals surface area contributed by atoms with Gasteiger partial charge in [-0.2, -0.15) is 5.10 Å².